The topological polar surface area (TPSA) is 9.23 Å². The third kappa shape index (κ3) is 5.64. The van der Waals surface area contributed by atoms with E-state index in [2.05, 4.69) is 78.0 Å². The zero-order valence-corrected chi connectivity index (χ0v) is 15.5. The largest absolute Gasteiger partial charge is 0.494 e. The molecule has 0 saturated heterocycles. The lowest BCUT2D eigenvalue weighted by molar-refractivity contribution is 0.304. The summed E-state index contributed by atoms with van der Waals surface area (Å²) in [5.41, 5.74) is 2.50. The van der Waals surface area contributed by atoms with E-state index in [0.717, 1.165) is 18.8 Å². The fraction of sp³-hybridized carbons (Fsp3) is 0.400. The minimum absolute atomic E-state index is 0.820. The summed E-state index contributed by atoms with van der Waals surface area (Å²) in [4.78, 5) is 0. The Hall–Kier alpha value is -1.03. The van der Waals surface area contributed by atoms with E-state index in [0.29, 0.717) is 0 Å². The van der Waals surface area contributed by atoms with Crippen LogP contribution < -0.4 is 4.74 Å². The fourth-order valence-electron chi connectivity index (χ4n) is 2.51. The van der Waals surface area contributed by atoms with Crippen molar-refractivity contribution in [3.05, 3.63) is 52.1 Å². The highest BCUT2D eigenvalue weighted by Gasteiger charge is 2.05. The molecule has 118 valence electrons. The van der Waals surface area contributed by atoms with Gasteiger partial charge in [-0.2, -0.15) is 0 Å². The molecular formula is C20H25IO. The fourth-order valence-corrected chi connectivity index (χ4v) is 3.15. The van der Waals surface area contributed by atoms with Crippen molar-refractivity contribution in [2.45, 2.75) is 45.4 Å². The molecule has 0 saturated carbocycles. The minimum Gasteiger partial charge on any atom is -0.494 e. The third-order valence-corrected chi connectivity index (χ3v) is 4.73. The Kier molecular flexibility index (Phi) is 7.78. The number of rotatable bonds is 9. The lowest BCUT2D eigenvalue weighted by atomic mass is 10.1. The summed E-state index contributed by atoms with van der Waals surface area (Å²) in [5, 5.41) is 0. The van der Waals surface area contributed by atoms with Crippen LogP contribution >= 0.6 is 22.6 Å². The van der Waals surface area contributed by atoms with Crippen LogP contribution in [0, 0.1) is 3.57 Å². The van der Waals surface area contributed by atoms with E-state index in [9.17, 15) is 0 Å². The van der Waals surface area contributed by atoms with Gasteiger partial charge in [0.05, 0.1) is 6.61 Å². The first-order valence-corrected chi connectivity index (χ1v) is 9.37. The standard InChI is InChI=1S/C20H25IO/c1-2-3-4-5-6-10-15-22-18-13-14-20(21)19(16-18)17-11-8-7-9-12-17/h7-9,11-14,16H,2-6,10,15H2,1H3. The highest BCUT2D eigenvalue weighted by Crippen LogP contribution is 2.29. The monoisotopic (exact) mass is 408 g/mol. The maximum atomic E-state index is 5.93. The summed E-state index contributed by atoms with van der Waals surface area (Å²) < 4.78 is 7.19. The second-order valence-corrected chi connectivity index (χ2v) is 6.79. The number of hydrogen-bond acceptors (Lipinski definition) is 1. The van der Waals surface area contributed by atoms with Gasteiger partial charge >= 0.3 is 0 Å². The maximum Gasteiger partial charge on any atom is 0.119 e. The van der Waals surface area contributed by atoms with E-state index in [4.69, 9.17) is 4.74 Å². The molecule has 0 fully saturated rings. The van der Waals surface area contributed by atoms with Crippen LogP contribution in [0.2, 0.25) is 0 Å². The van der Waals surface area contributed by atoms with E-state index in [1.807, 2.05) is 0 Å². The second-order valence-electron chi connectivity index (χ2n) is 5.62. The van der Waals surface area contributed by atoms with Gasteiger partial charge in [0.2, 0.25) is 0 Å². The van der Waals surface area contributed by atoms with Crippen molar-refractivity contribution >= 4 is 22.6 Å². The van der Waals surface area contributed by atoms with Crippen molar-refractivity contribution < 1.29 is 4.74 Å². The summed E-state index contributed by atoms with van der Waals surface area (Å²) in [7, 11) is 0. The van der Waals surface area contributed by atoms with Crippen molar-refractivity contribution in [2.24, 2.45) is 0 Å². The number of benzene rings is 2. The molecule has 0 aliphatic heterocycles. The lowest BCUT2D eigenvalue weighted by Gasteiger charge is -2.10. The van der Waals surface area contributed by atoms with Gasteiger partial charge in [0.25, 0.3) is 0 Å². The Balaban J connectivity index is 1.85. The van der Waals surface area contributed by atoms with Gasteiger partial charge < -0.3 is 4.74 Å². The van der Waals surface area contributed by atoms with Gasteiger partial charge in [-0.3, -0.25) is 0 Å². The number of ether oxygens (including phenoxy) is 1. The number of unbranched alkanes of at least 4 members (excludes halogenated alkanes) is 5. The molecule has 0 aromatic heterocycles. The predicted octanol–water partition coefficient (Wildman–Crippen LogP) is 6.70. The molecule has 0 aliphatic rings. The van der Waals surface area contributed by atoms with E-state index < -0.39 is 0 Å². The van der Waals surface area contributed by atoms with Gasteiger partial charge in [0.1, 0.15) is 5.75 Å². The van der Waals surface area contributed by atoms with E-state index in [1.165, 1.54) is 46.8 Å². The van der Waals surface area contributed by atoms with Crippen LogP contribution in [0.4, 0.5) is 0 Å². The zero-order chi connectivity index (χ0) is 15.6. The zero-order valence-electron chi connectivity index (χ0n) is 13.4. The molecule has 0 heterocycles. The van der Waals surface area contributed by atoms with Gasteiger partial charge in [-0.25, -0.2) is 0 Å². The second kappa shape index (κ2) is 9.88. The smallest absolute Gasteiger partial charge is 0.119 e. The number of halogens is 1. The molecule has 2 aromatic carbocycles. The summed E-state index contributed by atoms with van der Waals surface area (Å²) in [5.74, 6) is 0.979. The molecule has 0 spiro atoms. The third-order valence-electron chi connectivity index (χ3n) is 3.79. The Morgan fingerprint density at radius 2 is 1.59 bits per heavy atom. The normalized spacial score (nSPS) is 10.6. The summed E-state index contributed by atoms with van der Waals surface area (Å²) >= 11 is 2.39. The van der Waals surface area contributed by atoms with Gasteiger partial charge in [0.15, 0.2) is 0 Å². The average molecular weight is 408 g/mol. The van der Waals surface area contributed by atoms with Crippen LogP contribution in [-0.2, 0) is 0 Å². The quantitative estimate of drug-likeness (QED) is 0.332. The Morgan fingerprint density at radius 1 is 0.864 bits per heavy atom. The molecular weight excluding hydrogens is 383 g/mol. The molecule has 0 N–H and O–H groups in total. The van der Waals surface area contributed by atoms with Crippen LogP contribution in [-0.4, -0.2) is 6.61 Å². The van der Waals surface area contributed by atoms with Crippen LogP contribution in [0.15, 0.2) is 48.5 Å². The first kappa shape index (κ1) is 17.3. The molecule has 0 aliphatic carbocycles. The summed E-state index contributed by atoms with van der Waals surface area (Å²) in [6.45, 7) is 3.07. The molecule has 22 heavy (non-hydrogen) atoms. The molecule has 2 aromatic rings. The lowest BCUT2D eigenvalue weighted by Crippen LogP contribution is -1.98. The predicted molar refractivity (Wildman–Crippen MR) is 103 cm³/mol. The van der Waals surface area contributed by atoms with E-state index in [-0.39, 0.29) is 0 Å². The van der Waals surface area contributed by atoms with Crippen molar-refractivity contribution in [1.29, 1.82) is 0 Å². The van der Waals surface area contributed by atoms with E-state index in [1.54, 1.807) is 0 Å². The molecule has 1 nitrogen and oxygen atoms in total. The first-order chi connectivity index (χ1) is 10.8. The Bertz CT molecular complexity index is 551. The molecule has 0 unspecified atom stereocenters. The van der Waals surface area contributed by atoms with Crippen LogP contribution in [0.5, 0.6) is 5.75 Å². The summed E-state index contributed by atoms with van der Waals surface area (Å²) in [6.07, 6.45) is 7.78. The highest BCUT2D eigenvalue weighted by molar-refractivity contribution is 14.1. The van der Waals surface area contributed by atoms with Gasteiger partial charge in [-0.1, -0.05) is 69.4 Å². The van der Waals surface area contributed by atoms with Crippen LogP contribution in [0.25, 0.3) is 11.1 Å². The van der Waals surface area contributed by atoms with Crippen molar-refractivity contribution in [2.75, 3.05) is 6.61 Å². The number of hydrogen-bond donors (Lipinski definition) is 0. The van der Waals surface area contributed by atoms with Gasteiger partial charge in [-0.05, 0) is 58.3 Å². The van der Waals surface area contributed by atoms with Gasteiger partial charge in [-0.15, -0.1) is 0 Å². The molecule has 2 heteroatoms. The van der Waals surface area contributed by atoms with Crippen molar-refractivity contribution in [1.82, 2.24) is 0 Å². The Morgan fingerprint density at radius 3 is 2.36 bits per heavy atom. The maximum absolute atomic E-state index is 5.93. The van der Waals surface area contributed by atoms with Gasteiger partial charge in [0, 0.05) is 3.57 Å². The molecule has 0 amide bonds. The van der Waals surface area contributed by atoms with Crippen molar-refractivity contribution in [3.63, 3.8) is 0 Å². The Labute approximate surface area is 148 Å². The van der Waals surface area contributed by atoms with Crippen molar-refractivity contribution in [3.8, 4) is 16.9 Å². The average Bonchev–Trinajstić information content (AvgIpc) is 2.56. The van der Waals surface area contributed by atoms with Crippen LogP contribution in [0.3, 0.4) is 0 Å². The molecule has 0 radical (unpaired) electrons. The minimum atomic E-state index is 0.820. The summed E-state index contributed by atoms with van der Waals surface area (Å²) in [6, 6.07) is 16.9. The first-order valence-electron chi connectivity index (χ1n) is 8.29. The molecule has 0 atom stereocenters. The highest BCUT2D eigenvalue weighted by atomic mass is 127. The SMILES string of the molecule is CCCCCCCCOc1ccc(I)c(-c2ccccc2)c1. The van der Waals surface area contributed by atoms with Crippen LogP contribution in [0.1, 0.15) is 45.4 Å². The molecule has 2 rings (SSSR count). The van der Waals surface area contributed by atoms with E-state index >= 15 is 0 Å². The molecule has 0 bridgehead atoms.